The molecule has 3 fully saturated rings. The van der Waals surface area contributed by atoms with E-state index in [1.165, 1.54) is 0 Å². The Morgan fingerprint density at radius 1 is 1.23 bits per heavy atom. The smallest absolute Gasteiger partial charge is 0.222 e. The molecular formula is C19H29N5OS. The first-order chi connectivity index (χ1) is 12.6. The highest BCUT2D eigenvalue weighted by Gasteiger charge is 2.43. The fourth-order valence-corrected chi connectivity index (χ4v) is 5.12. The summed E-state index contributed by atoms with van der Waals surface area (Å²) in [6.07, 6.45) is 9.08. The van der Waals surface area contributed by atoms with Gasteiger partial charge in [-0.25, -0.2) is 9.97 Å². The molecule has 1 atom stereocenters. The van der Waals surface area contributed by atoms with Crippen molar-refractivity contribution in [3.05, 3.63) is 12.3 Å². The van der Waals surface area contributed by atoms with Crippen molar-refractivity contribution >= 4 is 23.5 Å². The van der Waals surface area contributed by atoms with E-state index in [4.69, 9.17) is 0 Å². The molecule has 26 heavy (non-hydrogen) atoms. The molecule has 1 unspecified atom stereocenters. The minimum atomic E-state index is 0.306. The van der Waals surface area contributed by atoms with Gasteiger partial charge in [0.2, 0.25) is 5.91 Å². The Kier molecular flexibility index (Phi) is 5.10. The number of hydrogen-bond donors (Lipinski definition) is 0. The quantitative estimate of drug-likeness (QED) is 0.596. The van der Waals surface area contributed by atoms with E-state index in [2.05, 4.69) is 31.7 Å². The molecular weight excluding hydrogens is 346 g/mol. The average molecular weight is 376 g/mol. The van der Waals surface area contributed by atoms with Gasteiger partial charge in [-0.1, -0.05) is 11.8 Å². The Balaban J connectivity index is 1.41. The summed E-state index contributed by atoms with van der Waals surface area (Å²) in [5.41, 5.74) is 0.306. The number of thioether (sulfide) groups is 1. The summed E-state index contributed by atoms with van der Waals surface area (Å²) in [5, 5.41) is 0.836. The molecule has 0 bridgehead atoms. The van der Waals surface area contributed by atoms with E-state index in [0.29, 0.717) is 17.4 Å². The highest BCUT2D eigenvalue weighted by Crippen LogP contribution is 2.42. The lowest BCUT2D eigenvalue weighted by molar-refractivity contribution is -0.141. The predicted octanol–water partition coefficient (Wildman–Crippen LogP) is 2.11. The van der Waals surface area contributed by atoms with Crippen LogP contribution in [0.5, 0.6) is 0 Å². The zero-order valence-corrected chi connectivity index (χ0v) is 16.7. The third-order valence-corrected chi connectivity index (χ3v) is 7.01. The maximum atomic E-state index is 12.5. The Morgan fingerprint density at radius 2 is 2.04 bits per heavy atom. The summed E-state index contributed by atoms with van der Waals surface area (Å²) in [7, 11) is 2.16. The molecule has 0 radical (unpaired) electrons. The van der Waals surface area contributed by atoms with Crippen molar-refractivity contribution in [1.82, 2.24) is 19.8 Å². The number of likely N-dealkylation sites (N-methyl/N-ethyl adjacent to an activating group) is 1. The van der Waals surface area contributed by atoms with Crippen LogP contribution in [0, 0.1) is 5.41 Å². The van der Waals surface area contributed by atoms with Gasteiger partial charge in [-0.2, -0.15) is 0 Å². The largest absolute Gasteiger partial charge is 0.356 e. The van der Waals surface area contributed by atoms with Crippen molar-refractivity contribution in [2.45, 2.75) is 43.3 Å². The maximum Gasteiger partial charge on any atom is 0.222 e. The third-order valence-electron chi connectivity index (χ3n) is 6.45. The van der Waals surface area contributed by atoms with Crippen LogP contribution < -0.4 is 4.90 Å². The van der Waals surface area contributed by atoms with Crippen molar-refractivity contribution in [3.8, 4) is 0 Å². The number of carbonyl (C=O) groups is 1. The lowest BCUT2D eigenvalue weighted by atomic mass is 9.72. The van der Waals surface area contributed by atoms with Crippen LogP contribution in [0.25, 0.3) is 0 Å². The molecule has 0 aliphatic carbocycles. The molecule has 142 valence electrons. The summed E-state index contributed by atoms with van der Waals surface area (Å²) in [5.74, 6) is 1.42. The number of anilines is 1. The monoisotopic (exact) mass is 375 g/mol. The van der Waals surface area contributed by atoms with Crippen LogP contribution in [-0.4, -0.2) is 77.7 Å². The highest BCUT2D eigenvalue weighted by atomic mass is 32.2. The summed E-state index contributed by atoms with van der Waals surface area (Å²) in [6.45, 7) is 5.15. The van der Waals surface area contributed by atoms with Crippen molar-refractivity contribution in [1.29, 1.82) is 0 Å². The minimum absolute atomic E-state index is 0.306. The predicted molar refractivity (Wildman–Crippen MR) is 105 cm³/mol. The van der Waals surface area contributed by atoms with Crippen LogP contribution in [0.15, 0.2) is 17.4 Å². The number of nitrogens with zero attached hydrogens (tertiary/aromatic N) is 5. The molecule has 1 aromatic rings. The van der Waals surface area contributed by atoms with Gasteiger partial charge in [0.05, 0.1) is 0 Å². The van der Waals surface area contributed by atoms with Gasteiger partial charge in [0.1, 0.15) is 5.82 Å². The standard InChI is InChI=1S/C19H29N5OS/c1-22-10-5-15(13-22)24-14-19(6-3-17(24)25)7-11-23(12-8-19)16-4-9-20-18(21-16)26-2/h4,9,15H,3,5-8,10-14H2,1-2H3. The Labute approximate surface area is 160 Å². The fourth-order valence-electron chi connectivity index (χ4n) is 4.77. The molecule has 0 N–H and O–H groups in total. The van der Waals surface area contributed by atoms with Gasteiger partial charge in [0.25, 0.3) is 0 Å². The molecule has 6 nitrogen and oxygen atoms in total. The van der Waals surface area contributed by atoms with Gasteiger partial charge >= 0.3 is 0 Å². The van der Waals surface area contributed by atoms with E-state index in [1.807, 2.05) is 18.5 Å². The lowest BCUT2D eigenvalue weighted by Gasteiger charge is -2.49. The third kappa shape index (κ3) is 3.56. The average Bonchev–Trinajstić information content (AvgIpc) is 3.11. The molecule has 1 amide bonds. The molecule has 0 aromatic carbocycles. The summed E-state index contributed by atoms with van der Waals surface area (Å²) < 4.78 is 0. The van der Waals surface area contributed by atoms with Crippen molar-refractivity contribution < 1.29 is 4.79 Å². The Bertz CT molecular complexity index is 661. The molecule has 3 aliphatic heterocycles. The molecule has 0 saturated carbocycles. The van der Waals surface area contributed by atoms with Crippen LogP contribution >= 0.6 is 11.8 Å². The minimum Gasteiger partial charge on any atom is -0.356 e. The van der Waals surface area contributed by atoms with E-state index in [-0.39, 0.29) is 0 Å². The van der Waals surface area contributed by atoms with Gasteiger partial charge < -0.3 is 14.7 Å². The van der Waals surface area contributed by atoms with E-state index >= 15 is 0 Å². The number of aromatic nitrogens is 2. The molecule has 3 saturated heterocycles. The fraction of sp³-hybridized carbons (Fsp3) is 0.737. The van der Waals surface area contributed by atoms with Crippen molar-refractivity contribution in [2.24, 2.45) is 5.41 Å². The van der Waals surface area contributed by atoms with Crippen molar-refractivity contribution in [3.63, 3.8) is 0 Å². The van der Waals surface area contributed by atoms with Gasteiger partial charge in [-0.05, 0) is 57.0 Å². The number of rotatable bonds is 3. The first kappa shape index (κ1) is 18.0. The zero-order chi connectivity index (χ0) is 18.1. The normalized spacial score (nSPS) is 26.7. The van der Waals surface area contributed by atoms with Gasteiger partial charge in [0, 0.05) is 44.8 Å². The van der Waals surface area contributed by atoms with E-state index in [1.54, 1.807) is 11.8 Å². The zero-order valence-electron chi connectivity index (χ0n) is 15.9. The highest BCUT2D eigenvalue weighted by molar-refractivity contribution is 7.98. The number of amides is 1. The van der Waals surface area contributed by atoms with Crippen molar-refractivity contribution in [2.75, 3.05) is 50.9 Å². The second-order valence-corrected chi connectivity index (χ2v) is 8.89. The van der Waals surface area contributed by atoms with Crippen LogP contribution in [0.1, 0.15) is 32.1 Å². The Hall–Kier alpha value is -1.34. The molecule has 3 aliphatic rings. The summed E-state index contributed by atoms with van der Waals surface area (Å²) in [4.78, 5) is 28.4. The van der Waals surface area contributed by atoms with E-state index < -0.39 is 0 Å². The first-order valence-electron chi connectivity index (χ1n) is 9.69. The molecule has 1 spiro atoms. The SMILES string of the molecule is CSc1nccc(N2CCC3(CCC(=O)N(C4CCN(C)C4)C3)CC2)n1. The first-order valence-corrected chi connectivity index (χ1v) is 10.9. The topological polar surface area (TPSA) is 52.6 Å². The summed E-state index contributed by atoms with van der Waals surface area (Å²) in [6, 6.07) is 2.44. The van der Waals surface area contributed by atoms with Gasteiger partial charge in [-0.3, -0.25) is 4.79 Å². The maximum absolute atomic E-state index is 12.5. The Morgan fingerprint density at radius 3 is 2.73 bits per heavy atom. The number of likely N-dealkylation sites (tertiary alicyclic amines) is 2. The van der Waals surface area contributed by atoms with Crippen LogP contribution in [0.3, 0.4) is 0 Å². The van der Waals surface area contributed by atoms with Crippen LogP contribution in [0.2, 0.25) is 0 Å². The second-order valence-electron chi connectivity index (χ2n) is 8.11. The molecule has 1 aromatic heterocycles. The van der Waals surface area contributed by atoms with Crippen LogP contribution in [0.4, 0.5) is 5.82 Å². The van der Waals surface area contributed by atoms with Gasteiger partial charge in [0.15, 0.2) is 5.16 Å². The molecule has 4 rings (SSSR count). The van der Waals surface area contributed by atoms with Crippen LogP contribution in [-0.2, 0) is 4.79 Å². The number of hydrogen-bond acceptors (Lipinski definition) is 6. The number of carbonyl (C=O) groups excluding carboxylic acids is 1. The lowest BCUT2D eigenvalue weighted by Crippen LogP contribution is -2.55. The summed E-state index contributed by atoms with van der Waals surface area (Å²) >= 11 is 1.59. The second kappa shape index (κ2) is 7.35. The van der Waals surface area contributed by atoms with E-state index in [9.17, 15) is 4.79 Å². The molecule has 4 heterocycles. The number of piperidine rings is 2. The van der Waals surface area contributed by atoms with Gasteiger partial charge in [-0.15, -0.1) is 0 Å². The van der Waals surface area contributed by atoms with E-state index in [0.717, 1.165) is 75.8 Å². The molecule has 7 heteroatoms.